The van der Waals surface area contributed by atoms with E-state index in [0.29, 0.717) is 0 Å². The summed E-state index contributed by atoms with van der Waals surface area (Å²) in [6.07, 6.45) is 1.98. The topological polar surface area (TPSA) is 43.4 Å². The monoisotopic (exact) mass is 228 g/mol. The first-order valence-corrected chi connectivity index (χ1v) is 5.89. The normalized spacial score (nSPS) is 15.4. The van der Waals surface area contributed by atoms with Crippen LogP contribution in [-0.2, 0) is 6.54 Å². The number of nitrogens with zero attached hydrogens (tertiary/aromatic N) is 2. The Hall–Kier alpha value is -1.97. The molecule has 0 aliphatic carbocycles. The number of guanidine groups is 1. The van der Waals surface area contributed by atoms with Gasteiger partial charge in [0.2, 0.25) is 0 Å². The number of rotatable bonds is 2. The molecule has 0 bridgehead atoms. The molecule has 2 N–H and O–H groups in total. The van der Waals surface area contributed by atoms with Crippen molar-refractivity contribution in [1.82, 2.24) is 15.2 Å². The number of aliphatic imine (C=N–C) groups is 1. The Morgan fingerprint density at radius 1 is 1.41 bits per heavy atom. The maximum atomic E-state index is 4.42. The van der Waals surface area contributed by atoms with Crippen LogP contribution in [0, 0.1) is 0 Å². The van der Waals surface area contributed by atoms with Crippen molar-refractivity contribution in [2.75, 3.05) is 20.1 Å². The second-order valence-electron chi connectivity index (χ2n) is 4.34. The molecule has 2 heterocycles. The number of H-pyrrole nitrogens is 1. The van der Waals surface area contributed by atoms with Gasteiger partial charge in [0.15, 0.2) is 5.96 Å². The Labute approximate surface area is 100 Å². The minimum Gasteiger partial charge on any atom is -0.361 e. The van der Waals surface area contributed by atoms with E-state index >= 15 is 0 Å². The zero-order chi connectivity index (χ0) is 11.7. The van der Waals surface area contributed by atoms with E-state index < -0.39 is 0 Å². The highest BCUT2D eigenvalue weighted by molar-refractivity contribution is 5.84. The second-order valence-corrected chi connectivity index (χ2v) is 4.34. The summed E-state index contributed by atoms with van der Waals surface area (Å²) in [6, 6.07) is 8.45. The van der Waals surface area contributed by atoms with Crippen molar-refractivity contribution < 1.29 is 0 Å². The predicted molar refractivity (Wildman–Crippen MR) is 70.1 cm³/mol. The Morgan fingerprint density at radius 2 is 2.35 bits per heavy atom. The fourth-order valence-electron chi connectivity index (χ4n) is 2.19. The van der Waals surface area contributed by atoms with Gasteiger partial charge in [-0.3, -0.25) is 4.99 Å². The Bertz CT molecular complexity index is 555. The van der Waals surface area contributed by atoms with Crippen LogP contribution < -0.4 is 5.32 Å². The van der Waals surface area contributed by atoms with Gasteiger partial charge in [-0.2, -0.15) is 0 Å². The van der Waals surface area contributed by atoms with Crippen molar-refractivity contribution in [3.05, 3.63) is 36.0 Å². The first-order chi connectivity index (χ1) is 8.34. The molecule has 0 radical (unpaired) electrons. The summed E-state index contributed by atoms with van der Waals surface area (Å²) < 4.78 is 0. The van der Waals surface area contributed by atoms with E-state index in [1.54, 1.807) is 0 Å². The lowest BCUT2D eigenvalue weighted by atomic mass is 10.1. The summed E-state index contributed by atoms with van der Waals surface area (Å²) in [5, 5.41) is 4.64. The van der Waals surface area contributed by atoms with Crippen molar-refractivity contribution >= 4 is 16.9 Å². The number of aromatic amines is 1. The van der Waals surface area contributed by atoms with E-state index in [0.717, 1.165) is 25.6 Å². The summed E-state index contributed by atoms with van der Waals surface area (Å²) in [6.45, 7) is 2.71. The summed E-state index contributed by atoms with van der Waals surface area (Å²) in [7, 11) is 2.06. The summed E-state index contributed by atoms with van der Waals surface area (Å²) >= 11 is 0. The van der Waals surface area contributed by atoms with Gasteiger partial charge >= 0.3 is 0 Å². The van der Waals surface area contributed by atoms with Crippen LogP contribution in [-0.4, -0.2) is 36.0 Å². The van der Waals surface area contributed by atoms with Gasteiger partial charge < -0.3 is 15.2 Å². The number of hydrogen-bond donors (Lipinski definition) is 2. The summed E-state index contributed by atoms with van der Waals surface area (Å²) in [4.78, 5) is 9.85. The molecule has 1 aromatic heterocycles. The van der Waals surface area contributed by atoms with E-state index in [2.05, 4.69) is 51.5 Å². The van der Waals surface area contributed by atoms with Crippen LogP contribution in [0.15, 0.2) is 35.5 Å². The molecule has 1 aliphatic rings. The van der Waals surface area contributed by atoms with Gasteiger partial charge in [-0.25, -0.2) is 0 Å². The summed E-state index contributed by atoms with van der Waals surface area (Å²) in [5.41, 5.74) is 2.48. The highest BCUT2D eigenvalue weighted by atomic mass is 15.3. The third-order valence-corrected chi connectivity index (χ3v) is 3.17. The molecule has 0 atom stereocenters. The van der Waals surface area contributed by atoms with Gasteiger partial charge in [0.25, 0.3) is 0 Å². The van der Waals surface area contributed by atoms with E-state index in [-0.39, 0.29) is 0 Å². The van der Waals surface area contributed by atoms with E-state index in [1.807, 2.05) is 6.20 Å². The van der Waals surface area contributed by atoms with Gasteiger partial charge in [-0.1, -0.05) is 18.2 Å². The van der Waals surface area contributed by atoms with Crippen molar-refractivity contribution in [3.63, 3.8) is 0 Å². The molecular formula is C13H16N4. The van der Waals surface area contributed by atoms with Crippen LogP contribution in [0.25, 0.3) is 10.9 Å². The van der Waals surface area contributed by atoms with Crippen molar-refractivity contribution in [3.8, 4) is 0 Å². The molecule has 1 aromatic carbocycles. The first-order valence-electron chi connectivity index (χ1n) is 5.89. The SMILES string of the molecule is CN1CCN=C1NCc1cccc2cc[nH]c12. The number of benzene rings is 1. The van der Waals surface area contributed by atoms with E-state index in [4.69, 9.17) is 0 Å². The van der Waals surface area contributed by atoms with Crippen LogP contribution in [0.5, 0.6) is 0 Å². The summed E-state index contributed by atoms with van der Waals surface area (Å²) in [5.74, 6) is 0.994. The lowest BCUT2D eigenvalue weighted by Crippen LogP contribution is -2.35. The van der Waals surface area contributed by atoms with Crippen molar-refractivity contribution in [2.24, 2.45) is 4.99 Å². The Kier molecular flexibility index (Phi) is 2.48. The van der Waals surface area contributed by atoms with Crippen LogP contribution in [0.4, 0.5) is 0 Å². The Balaban J connectivity index is 1.79. The number of fused-ring (bicyclic) bond motifs is 1. The van der Waals surface area contributed by atoms with E-state index in [1.165, 1.54) is 16.5 Å². The van der Waals surface area contributed by atoms with Gasteiger partial charge in [0.05, 0.1) is 12.1 Å². The van der Waals surface area contributed by atoms with E-state index in [9.17, 15) is 0 Å². The third kappa shape index (κ3) is 1.86. The third-order valence-electron chi connectivity index (χ3n) is 3.17. The maximum Gasteiger partial charge on any atom is 0.194 e. The molecule has 4 heteroatoms. The van der Waals surface area contributed by atoms with Crippen LogP contribution in [0.2, 0.25) is 0 Å². The zero-order valence-electron chi connectivity index (χ0n) is 9.90. The molecule has 0 amide bonds. The predicted octanol–water partition coefficient (Wildman–Crippen LogP) is 1.56. The van der Waals surface area contributed by atoms with Crippen molar-refractivity contribution in [1.29, 1.82) is 0 Å². The average molecular weight is 228 g/mol. The molecule has 0 saturated carbocycles. The van der Waals surface area contributed by atoms with Crippen molar-refractivity contribution in [2.45, 2.75) is 6.54 Å². The number of para-hydroxylation sites is 1. The van der Waals surface area contributed by atoms with Gasteiger partial charge in [-0.15, -0.1) is 0 Å². The molecule has 88 valence electrons. The molecule has 0 saturated heterocycles. The largest absolute Gasteiger partial charge is 0.361 e. The first kappa shape index (κ1) is 10.2. The average Bonchev–Trinajstić information content (AvgIpc) is 2.95. The quantitative estimate of drug-likeness (QED) is 0.819. The second kappa shape index (κ2) is 4.13. The molecular weight excluding hydrogens is 212 g/mol. The lowest BCUT2D eigenvalue weighted by molar-refractivity contribution is 0.534. The minimum atomic E-state index is 0.807. The molecule has 2 aromatic rings. The number of aromatic nitrogens is 1. The van der Waals surface area contributed by atoms with Crippen LogP contribution >= 0.6 is 0 Å². The minimum absolute atomic E-state index is 0.807. The van der Waals surface area contributed by atoms with Crippen LogP contribution in [0.1, 0.15) is 5.56 Å². The fourth-order valence-corrected chi connectivity index (χ4v) is 2.19. The van der Waals surface area contributed by atoms with Gasteiger partial charge in [0.1, 0.15) is 0 Å². The molecule has 0 unspecified atom stereocenters. The number of hydrogen-bond acceptors (Lipinski definition) is 3. The molecule has 0 spiro atoms. The highest BCUT2D eigenvalue weighted by Gasteiger charge is 2.11. The molecule has 1 aliphatic heterocycles. The lowest BCUT2D eigenvalue weighted by Gasteiger charge is -2.15. The highest BCUT2D eigenvalue weighted by Crippen LogP contribution is 2.16. The smallest absolute Gasteiger partial charge is 0.194 e. The standard InChI is InChI=1S/C13H16N4/c1-17-8-7-15-13(17)16-9-11-4-2-3-10-5-6-14-12(10)11/h2-6,14H,7-9H2,1H3,(H,15,16). The fraction of sp³-hybridized carbons (Fsp3) is 0.308. The zero-order valence-corrected chi connectivity index (χ0v) is 9.90. The molecule has 17 heavy (non-hydrogen) atoms. The maximum absolute atomic E-state index is 4.42. The Morgan fingerprint density at radius 3 is 3.18 bits per heavy atom. The molecule has 4 nitrogen and oxygen atoms in total. The van der Waals surface area contributed by atoms with Gasteiger partial charge in [0, 0.05) is 26.3 Å². The molecule has 0 fully saturated rings. The molecule has 3 rings (SSSR count). The number of nitrogens with one attached hydrogen (secondary N) is 2. The van der Waals surface area contributed by atoms with Gasteiger partial charge in [-0.05, 0) is 17.0 Å². The van der Waals surface area contributed by atoms with Crippen LogP contribution in [0.3, 0.4) is 0 Å². The number of likely N-dealkylation sites (N-methyl/N-ethyl adjacent to an activating group) is 1.